The molecule has 1 aromatic rings. The summed E-state index contributed by atoms with van der Waals surface area (Å²) in [6, 6.07) is 6.46. The first-order valence-corrected chi connectivity index (χ1v) is 5.34. The van der Waals surface area contributed by atoms with Crippen molar-refractivity contribution in [3.63, 3.8) is 0 Å². The third-order valence-corrected chi connectivity index (χ3v) is 1.85. The first-order chi connectivity index (χ1) is 8.88. The van der Waals surface area contributed by atoms with Crippen LogP contribution >= 0.6 is 0 Å². The van der Waals surface area contributed by atoms with Crippen molar-refractivity contribution in [3.05, 3.63) is 35.4 Å². The monoisotopic (exact) mass is 267 g/mol. The molecule has 0 bridgehead atoms. The molecular formula is C12H13NO6. The first kappa shape index (κ1) is 14.7. The van der Waals surface area contributed by atoms with Crippen LogP contribution in [0.3, 0.4) is 0 Å². The van der Waals surface area contributed by atoms with Crippen molar-refractivity contribution >= 4 is 17.9 Å². The Kier molecular flexibility index (Phi) is 5.01. The Labute approximate surface area is 109 Å². The second-order valence-electron chi connectivity index (χ2n) is 3.63. The van der Waals surface area contributed by atoms with Gasteiger partial charge in [0.05, 0.1) is 5.56 Å². The van der Waals surface area contributed by atoms with Crippen LogP contribution in [0.2, 0.25) is 0 Å². The molecule has 102 valence electrons. The number of hydrogen-bond donors (Lipinski definition) is 0. The molecule has 1 rings (SSSR count). The van der Waals surface area contributed by atoms with Crippen LogP contribution in [0.1, 0.15) is 29.8 Å². The predicted molar refractivity (Wildman–Crippen MR) is 62.0 cm³/mol. The maximum atomic E-state index is 11.7. The van der Waals surface area contributed by atoms with Gasteiger partial charge in [0.15, 0.2) is 0 Å². The summed E-state index contributed by atoms with van der Waals surface area (Å²) in [5, 5.41) is 0.0762. The molecule has 7 heteroatoms. The van der Waals surface area contributed by atoms with Crippen LogP contribution in [-0.4, -0.2) is 23.3 Å². The van der Waals surface area contributed by atoms with Crippen molar-refractivity contribution in [2.24, 2.45) is 0 Å². The van der Waals surface area contributed by atoms with E-state index in [0.29, 0.717) is 0 Å². The largest absolute Gasteiger partial charge is 0.364 e. The highest BCUT2D eigenvalue weighted by molar-refractivity contribution is 5.89. The third-order valence-electron chi connectivity index (χ3n) is 1.85. The van der Waals surface area contributed by atoms with Crippen LogP contribution in [0, 0.1) is 6.92 Å². The smallest absolute Gasteiger partial charge is 0.301 e. The summed E-state index contributed by atoms with van der Waals surface area (Å²) in [5.41, 5.74) is 1.18. The minimum Gasteiger partial charge on any atom is -0.301 e. The van der Waals surface area contributed by atoms with Crippen LogP contribution in [0.25, 0.3) is 0 Å². The van der Waals surface area contributed by atoms with Gasteiger partial charge in [-0.2, -0.15) is 0 Å². The summed E-state index contributed by atoms with van der Waals surface area (Å²) >= 11 is 0. The molecular weight excluding hydrogens is 254 g/mol. The minimum atomic E-state index is -0.831. The van der Waals surface area contributed by atoms with E-state index in [-0.39, 0.29) is 11.0 Å². The zero-order valence-electron chi connectivity index (χ0n) is 10.7. The van der Waals surface area contributed by atoms with Crippen LogP contribution in [0.5, 0.6) is 0 Å². The number of rotatable bonds is 4. The van der Waals surface area contributed by atoms with E-state index >= 15 is 0 Å². The summed E-state index contributed by atoms with van der Waals surface area (Å²) in [5.74, 6) is -2.45. The van der Waals surface area contributed by atoms with Gasteiger partial charge in [0.2, 0.25) is 5.39 Å². The van der Waals surface area contributed by atoms with Gasteiger partial charge in [-0.15, -0.1) is 0 Å². The Morgan fingerprint density at radius 3 is 1.79 bits per heavy atom. The number of carbonyl (C=O) groups excluding carboxylic acids is 3. The third kappa shape index (κ3) is 5.17. The molecule has 0 aliphatic carbocycles. The number of aryl methyl sites for hydroxylation is 1. The molecule has 0 saturated carbocycles. The van der Waals surface area contributed by atoms with Crippen LogP contribution in [-0.2, 0) is 24.1 Å². The van der Waals surface area contributed by atoms with Gasteiger partial charge in [-0.3, -0.25) is 14.4 Å². The van der Waals surface area contributed by atoms with Crippen molar-refractivity contribution in [1.29, 1.82) is 0 Å². The molecule has 0 N–H and O–H groups in total. The quantitative estimate of drug-likeness (QED) is 0.761. The Hall–Kier alpha value is -2.41. The van der Waals surface area contributed by atoms with Crippen molar-refractivity contribution in [2.45, 2.75) is 20.8 Å². The van der Waals surface area contributed by atoms with Crippen molar-refractivity contribution in [2.75, 3.05) is 0 Å². The highest BCUT2D eigenvalue weighted by atomic mass is 17.2. The lowest BCUT2D eigenvalue weighted by Gasteiger charge is -2.15. The van der Waals surface area contributed by atoms with Crippen molar-refractivity contribution in [1.82, 2.24) is 5.39 Å². The maximum absolute atomic E-state index is 11.7. The van der Waals surface area contributed by atoms with Gasteiger partial charge in [0, 0.05) is 13.8 Å². The van der Waals surface area contributed by atoms with E-state index in [1.807, 2.05) is 6.92 Å². The van der Waals surface area contributed by atoms with Crippen molar-refractivity contribution in [3.8, 4) is 0 Å². The minimum absolute atomic E-state index is 0.0762. The van der Waals surface area contributed by atoms with Gasteiger partial charge in [0.1, 0.15) is 0 Å². The average Bonchev–Trinajstić information content (AvgIpc) is 2.27. The molecule has 1 aromatic carbocycles. The number of hydrogen-bond acceptors (Lipinski definition) is 7. The first-order valence-electron chi connectivity index (χ1n) is 5.34. The molecule has 0 spiro atoms. The highest BCUT2D eigenvalue weighted by Gasteiger charge is 2.20. The summed E-state index contributed by atoms with van der Waals surface area (Å²) in [6.07, 6.45) is 0. The second-order valence-corrected chi connectivity index (χ2v) is 3.63. The van der Waals surface area contributed by atoms with E-state index in [9.17, 15) is 14.4 Å². The topological polar surface area (TPSA) is 82.1 Å². The molecule has 0 heterocycles. The van der Waals surface area contributed by atoms with E-state index in [1.54, 1.807) is 12.1 Å². The fourth-order valence-corrected chi connectivity index (χ4v) is 1.08. The Balaban J connectivity index is 2.72. The van der Waals surface area contributed by atoms with Gasteiger partial charge < -0.3 is 9.68 Å². The van der Waals surface area contributed by atoms with Crippen molar-refractivity contribution < 1.29 is 28.9 Å². The van der Waals surface area contributed by atoms with E-state index < -0.39 is 17.9 Å². The van der Waals surface area contributed by atoms with Gasteiger partial charge in [-0.1, -0.05) is 17.7 Å². The van der Waals surface area contributed by atoms with E-state index in [1.165, 1.54) is 12.1 Å². The standard InChI is InChI=1S/C12H13NO6/c1-8-4-6-11(7-5-8)12(16)19-13(17-9(2)14)18-10(3)15/h4-7H,1-3H3. The lowest BCUT2D eigenvalue weighted by atomic mass is 10.2. The highest BCUT2D eigenvalue weighted by Crippen LogP contribution is 2.07. The normalized spacial score (nSPS) is 9.89. The van der Waals surface area contributed by atoms with Gasteiger partial charge >= 0.3 is 17.9 Å². The van der Waals surface area contributed by atoms with Gasteiger partial charge in [-0.25, -0.2) is 4.79 Å². The lowest BCUT2D eigenvalue weighted by molar-refractivity contribution is -0.458. The number of carbonyl (C=O) groups is 3. The lowest BCUT2D eigenvalue weighted by Crippen LogP contribution is -2.31. The number of benzene rings is 1. The molecule has 19 heavy (non-hydrogen) atoms. The fourth-order valence-electron chi connectivity index (χ4n) is 1.08. The Bertz CT molecular complexity index is 465. The maximum Gasteiger partial charge on any atom is 0.364 e. The Morgan fingerprint density at radius 2 is 1.37 bits per heavy atom. The molecule has 0 aliphatic heterocycles. The van der Waals surface area contributed by atoms with Crippen LogP contribution < -0.4 is 0 Å². The van der Waals surface area contributed by atoms with E-state index in [4.69, 9.17) is 0 Å². The van der Waals surface area contributed by atoms with E-state index in [2.05, 4.69) is 14.5 Å². The molecule has 0 fully saturated rings. The summed E-state index contributed by atoms with van der Waals surface area (Å²) in [7, 11) is 0. The average molecular weight is 267 g/mol. The molecule has 0 radical (unpaired) electrons. The zero-order chi connectivity index (χ0) is 14.4. The summed E-state index contributed by atoms with van der Waals surface area (Å²) in [6.45, 7) is 3.99. The molecule has 0 atom stereocenters. The molecule has 0 aromatic heterocycles. The molecule has 7 nitrogen and oxygen atoms in total. The predicted octanol–water partition coefficient (Wildman–Crippen LogP) is 1.33. The molecule has 0 unspecified atom stereocenters. The van der Waals surface area contributed by atoms with Gasteiger partial charge in [0.25, 0.3) is 0 Å². The van der Waals surface area contributed by atoms with Gasteiger partial charge in [-0.05, 0) is 19.1 Å². The van der Waals surface area contributed by atoms with Crippen LogP contribution in [0.15, 0.2) is 24.3 Å². The zero-order valence-corrected chi connectivity index (χ0v) is 10.7. The second kappa shape index (κ2) is 6.50. The molecule has 0 amide bonds. The summed E-state index contributed by atoms with van der Waals surface area (Å²) in [4.78, 5) is 46.6. The Morgan fingerprint density at radius 1 is 0.895 bits per heavy atom. The molecule has 0 aliphatic rings. The fraction of sp³-hybridized carbons (Fsp3) is 0.250. The summed E-state index contributed by atoms with van der Waals surface area (Å²) < 4.78 is 0. The molecule has 0 saturated heterocycles. The SMILES string of the molecule is CC(=O)ON(OC(C)=O)OC(=O)c1ccc(C)cc1. The van der Waals surface area contributed by atoms with Crippen LogP contribution in [0.4, 0.5) is 0 Å². The van der Waals surface area contributed by atoms with E-state index in [0.717, 1.165) is 19.4 Å². The number of nitrogens with zero attached hydrogens (tertiary/aromatic N) is 1.